The van der Waals surface area contributed by atoms with Crippen molar-refractivity contribution in [2.75, 3.05) is 31.1 Å². The molecule has 1 aliphatic carbocycles. The first-order chi connectivity index (χ1) is 12.1. The minimum absolute atomic E-state index is 0.0625. The van der Waals surface area contributed by atoms with Crippen molar-refractivity contribution in [3.05, 3.63) is 64.9 Å². The van der Waals surface area contributed by atoms with Gasteiger partial charge in [-0.15, -0.1) is 0 Å². The monoisotopic (exact) mass is 358 g/mol. The fourth-order valence-electron chi connectivity index (χ4n) is 3.62. The minimum atomic E-state index is -0.231. The van der Waals surface area contributed by atoms with E-state index in [-0.39, 0.29) is 23.6 Å². The SMILES string of the molecule is O=C([C@H]1C[C@@H]1c1ccc(F)cc1)N1CCN(c2ccc(Cl)cc2)CC1. The van der Waals surface area contributed by atoms with Gasteiger partial charge in [0.25, 0.3) is 0 Å². The fraction of sp³-hybridized carbons (Fsp3) is 0.350. The van der Waals surface area contributed by atoms with E-state index in [1.54, 1.807) is 12.1 Å². The number of rotatable bonds is 3. The number of hydrogen-bond acceptors (Lipinski definition) is 2. The topological polar surface area (TPSA) is 23.6 Å². The molecule has 0 spiro atoms. The van der Waals surface area contributed by atoms with Crippen LogP contribution in [0.2, 0.25) is 5.02 Å². The summed E-state index contributed by atoms with van der Waals surface area (Å²) in [5.74, 6) is 0.325. The van der Waals surface area contributed by atoms with Crippen LogP contribution in [-0.4, -0.2) is 37.0 Å². The van der Waals surface area contributed by atoms with Crippen LogP contribution < -0.4 is 4.90 Å². The van der Waals surface area contributed by atoms with Gasteiger partial charge in [0.05, 0.1) is 0 Å². The third kappa shape index (κ3) is 3.49. The molecule has 1 aliphatic heterocycles. The fourth-order valence-corrected chi connectivity index (χ4v) is 3.74. The van der Waals surface area contributed by atoms with Crippen LogP contribution in [0.1, 0.15) is 17.9 Å². The quantitative estimate of drug-likeness (QED) is 0.830. The molecule has 2 fully saturated rings. The Morgan fingerprint density at radius 1 is 0.960 bits per heavy atom. The predicted molar refractivity (Wildman–Crippen MR) is 97.5 cm³/mol. The number of hydrogen-bond donors (Lipinski definition) is 0. The molecule has 1 heterocycles. The highest BCUT2D eigenvalue weighted by Gasteiger charge is 2.46. The largest absolute Gasteiger partial charge is 0.368 e. The molecule has 4 rings (SSSR count). The Hall–Kier alpha value is -2.07. The zero-order chi connectivity index (χ0) is 17.4. The summed E-state index contributed by atoms with van der Waals surface area (Å²) in [4.78, 5) is 17.0. The van der Waals surface area contributed by atoms with Crippen molar-refractivity contribution in [1.82, 2.24) is 4.90 Å². The van der Waals surface area contributed by atoms with Gasteiger partial charge in [0.2, 0.25) is 5.91 Å². The molecular formula is C20H20ClFN2O. The molecule has 2 atom stereocenters. The van der Waals surface area contributed by atoms with Crippen LogP contribution in [0.3, 0.4) is 0 Å². The van der Waals surface area contributed by atoms with Crippen LogP contribution in [0.4, 0.5) is 10.1 Å². The van der Waals surface area contributed by atoms with Crippen molar-refractivity contribution in [1.29, 1.82) is 0 Å². The van der Waals surface area contributed by atoms with Gasteiger partial charge in [0.15, 0.2) is 0 Å². The molecular weight excluding hydrogens is 339 g/mol. The minimum Gasteiger partial charge on any atom is -0.368 e. The third-order valence-corrected chi connectivity index (χ3v) is 5.44. The van der Waals surface area contributed by atoms with Gasteiger partial charge in [-0.1, -0.05) is 23.7 Å². The predicted octanol–water partition coefficient (Wildman–Crippen LogP) is 3.93. The molecule has 2 aromatic carbocycles. The van der Waals surface area contributed by atoms with Crippen LogP contribution >= 0.6 is 11.6 Å². The molecule has 130 valence electrons. The lowest BCUT2D eigenvalue weighted by atomic mass is 10.1. The highest BCUT2D eigenvalue weighted by atomic mass is 35.5. The van der Waals surface area contributed by atoms with Gasteiger partial charge >= 0.3 is 0 Å². The van der Waals surface area contributed by atoms with Gasteiger partial charge in [-0.05, 0) is 54.3 Å². The number of carbonyl (C=O) groups is 1. The van der Waals surface area contributed by atoms with Gasteiger partial charge in [-0.2, -0.15) is 0 Å². The Balaban J connectivity index is 1.33. The van der Waals surface area contributed by atoms with E-state index in [2.05, 4.69) is 4.90 Å². The molecule has 1 amide bonds. The zero-order valence-corrected chi connectivity index (χ0v) is 14.6. The molecule has 0 aromatic heterocycles. The number of anilines is 1. The number of piperazine rings is 1. The molecule has 3 nitrogen and oxygen atoms in total. The number of carbonyl (C=O) groups excluding carboxylic acids is 1. The lowest BCUT2D eigenvalue weighted by molar-refractivity contribution is -0.132. The van der Waals surface area contributed by atoms with Gasteiger partial charge in [0.1, 0.15) is 5.82 Å². The zero-order valence-electron chi connectivity index (χ0n) is 13.9. The summed E-state index contributed by atoms with van der Waals surface area (Å²) < 4.78 is 13.0. The standard InChI is InChI=1S/C20H20ClFN2O/c21-15-3-7-17(8-4-15)23-9-11-24(12-10-23)20(25)19-13-18(19)14-1-5-16(22)6-2-14/h1-8,18-19H,9-13H2/t18-,19+/m1/s1. The highest BCUT2D eigenvalue weighted by Crippen LogP contribution is 2.48. The maximum atomic E-state index is 13.0. The smallest absolute Gasteiger partial charge is 0.226 e. The van der Waals surface area contributed by atoms with Crippen LogP contribution in [0, 0.1) is 11.7 Å². The van der Waals surface area contributed by atoms with Crippen LogP contribution in [0.25, 0.3) is 0 Å². The molecule has 2 aromatic rings. The Morgan fingerprint density at radius 2 is 1.60 bits per heavy atom. The van der Waals surface area contributed by atoms with Crippen molar-refractivity contribution in [2.24, 2.45) is 5.92 Å². The van der Waals surface area contributed by atoms with Crippen LogP contribution in [-0.2, 0) is 4.79 Å². The average molecular weight is 359 g/mol. The summed E-state index contributed by atoms with van der Waals surface area (Å²) in [6, 6.07) is 14.4. The maximum Gasteiger partial charge on any atom is 0.226 e. The first-order valence-corrected chi connectivity index (χ1v) is 9.04. The normalized spacial score (nSPS) is 22.8. The lowest BCUT2D eigenvalue weighted by Gasteiger charge is -2.36. The van der Waals surface area contributed by atoms with Crippen molar-refractivity contribution < 1.29 is 9.18 Å². The number of halogens is 2. The molecule has 0 unspecified atom stereocenters. The summed E-state index contributed by atoms with van der Waals surface area (Å²) in [6.45, 7) is 3.16. The average Bonchev–Trinajstić information content (AvgIpc) is 3.43. The van der Waals surface area contributed by atoms with Crippen LogP contribution in [0.15, 0.2) is 48.5 Å². The first-order valence-electron chi connectivity index (χ1n) is 8.66. The Kier molecular flexibility index (Phi) is 4.38. The second kappa shape index (κ2) is 6.68. The van der Waals surface area contributed by atoms with Crippen molar-refractivity contribution in [3.8, 4) is 0 Å². The summed E-state index contributed by atoms with van der Waals surface area (Å²) >= 11 is 5.94. The van der Waals surface area contributed by atoms with E-state index in [0.29, 0.717) is 0 Å². The van der Waals surface area contributed by atoms with Crippen LogP contribution in [0.5, 0.6) is 0 Å². The second-order valence-corrected chi connectivity index (χ2v) is 7.23. The van der Waals surface area contributed by atoms with Crippen molar-refractivity contribution >= 4 is 23.2 Å². The molecule has 0 radical (unpaired) electrons. The molecule has 25 heavy (non-hydrogen) atoms. The lowest BCUT2D eigenvalue weighted by Crippen LogP contribution is -2.49. The van der Waals surface area contributed by atoms with Gasteiger partial charge in [-0.3, -0.25) is 4.79 Å². The summed E-state index contributed by atoms with van der Waals surface area (Å²) in [7, 11) is 0. The van der Waals surface area contributed by atoms with E-state index < -0.39 is 0 Å². The van der Waals surface area contributed by atoms with E-state index >= 15 is 0 Å². The van der Waals surface area contributed by atoms with E-state index in [9.17, 15) is 9.18 Å². The molecule has 0 bridgehead atoms. The summed E-state index contributed by atoms with van der Waals surface area (Å²) in [5.41, 5.74) is 2.21. The third-order valence-electron chi connectivity index (χ3n) is 5.19. The number of benzene rings is 2. The molecule has 1 saturated carbocycles. The second-order valence-electron chi connectivity index (χ2n) is 6.79. The summed E-state index contributed by atoms with van der Waals surface area (Å²) in [5, 5.41) is 0.734. The molecule has 5 heteroatoms. The molecule has 1 saturated heterocycles. The number of nitrogens with zero attached hydrogens (tertiary/aromatic N) is 2. The molecule has 2 aliphatic rings. The highest BCUT2D eigenvalue weighted by molar-refractivity contribution is 6.30. The van der Waals surface area contributed by atoms with Gasteiger partial charge in [-0.25, -0.2) is 4.39 Å². The maximum absolute atomic E-state index is 13.0. The Morgan fingerprint density at radius 3 is 2.24 bits per heavy atom. The first kappa shape index (κ1) is 16.4. The number of amides is 1. The summed E-state index contributed by atoms with van der Waals surface area (Å²) in [6.07, 6.45) is 0.877. The van der Waals surface area contributed by atoms with E-state index in [1.807, 2.05) is 29.2 Å². The van der Waals surface area contributed by atoms with Gasteiger partial charge < -0.3 is 9.80 Å². The van der Waals surface area contributed by atoms with Gasteiger partial charge in [0, 0.05) is 42.8 Å². The van der Waals surface area contributed by atoms with E-state index in [0.717, 1.165) is 48.9 Å². The van der Waals surface area contributed by atoms with Crippen molar-refractivity contribution in [3.63, 3.8) is 0 Å². The van der Waals surface area contributed by atoms with E-state index in [4.69, 9.17) is 11.6 Å². The van der Waals surface area contributed by atoms with E-state index in [1.165, 1.54) is 12.1 Å². The Bertz CT molecular complexity index is 754. The molecule has 0 N–H and O–H groups in total. The van der Waals surface area contributed by atoms with Crippen molar-refractivity contribution in [2.45, 2.75) is 12.3 Å². The Labute approximate surface area is 152 Å².